The van der Waals surface area contributed by atoms with E-state index in [9.17, 15) is 13.2 Å². The van der Waals surface area contributed by atoms with Gasteiger partial charge >= 0.3 is 0 Å². The van der Waals surface area contributed by atoms with Crippen molar-refractivity contribution in [1.29, 1.82) is 0 Å². The van der Waals surface area contributed by atoms with Crippen LogP contribution in [0.25, 0.3) is 0 Å². The summed E-state index contributed by atoms with van der Waals surface area (Å²) in [6.07, 6.45) is 4.48. The van der Waals surface area contributed by atoms with Crippen molar-refractivity contribution in [3.63, 3.8) is 0 Å². The van der Waals surface area contributed by atoms with E-state index in [0.717, 1.165) is 50.8 Å². The minimum absolute atomic E-state index is 0.0905. The van der Waals surface area contributed by atoms with E-state index < -0.39 is 10.0 Å². The molecule has 1 N–H and O–H groups in total. The third-order valence-electron chi connectivity index (χ3n) is 6.56. The van der Waals surface area contributed by atoms with Crippen molar-refractivity contribution >= 4 is 33.2 Å². The molecule has 2 aliphatic heterocycles. The zero-order valence-electron chi connectivity index (χ0n) is 19.5. The van der Waals surface area contributed by atoms with Crippen molar-refractivity contribution in [2.75, 3.05) is 38.6 Å². The van der Waals surface area contributed by atoms with Crippen LogP contribution >= 0.6 is 11.6 Å². The Kier molecular flexibility index (Phi) is 8.14. The summed E-state index contributed by atoms with van der Waals surface area (Å²) < 4.78 is 33.4. The molecule has 2 aromatic rings. The summed E-state index contributed by atoms with van der Waals surface area (Å²) in [5.74, 6) is 0.0352. The fraction of sp³-hybridized carbons (Fsp3) is 0.480. The number of ether oxygens (including phenoxy) is 1. The molecule has 184 valence electrons. The highest BCUT2D eigenvalue weighted by Crippen LogP contribution is 2.31. The predicted molar refractivity (Wildman–Crippen MR) is 134 cm³/mol. The molecule has 2 aliphatic rings. The molecule has 7 nitrogen and oxygen atoms in total. The van der Waals surface area contributed by atoms with Crippen LogP contribution in [0.3, 0.4) is 0 Å². The van der Waals surface area contributed by atoms with Gasteiger partial charge < -0.3 is 10.1 Å². The summed E-state index contributed by atoms with van der Waals surface area (Å²) in [6, 6.07) is 12.6. The molecule has 0 aliphatic carbocycles. The number of halogens is 1. The molecule has 0 aromatic heterocycles. The van der Waals surface area contributed by atoms with Gasteiger partial charge in [-0.1, -0.05) is 30.2 Å². The topological polar surface area (TPSA) is 79.0 Å². The molecule has 0 spiro atoms. The van der Waals surface area contributed by atoms with Crippen LogP contribution in [0, 0.1) is 5.92 Å². The maximum absolute atomic E-state index is 13.3. The SMILES string of the molecule is COc1ccc(NC(=O)C2CCCN(Cc3ccc(Cl)cc3)C2)cc1S(=O)(=O)N1CCCCC1. The number of sulfonamides is 1. The summed E-state index contributed by atoms with van der Waals surface area (Å²) in [5, 5.41) is 3.66. The van der Waals surface area contributed by atoms with Crippen molar-refractivity contribution in [3.05, 3.63) is 53.1 Å². The number of carbonyl (C=O) groups excluding carboxylic acids is 1. The van der Waals surface area contributed by atoms with Gasteiger partial charge in [0.2, 0.25) is 15.9 Å². The zero-order chi connectivity index (χ0) is 24.1. The maximum Gasteiger partial charge on any atom is 0.246 e. The van der Waals surface area contributed by atoms with E-state index >= 15 is 0 Å². The highest BCUT2D eigenvalue weighted by Gasteiger charge is 2.30. The fourth-order valence-corrected chi connectivity index (χ4v) is 6.53. The van der Waals surface area contributed by atoms with E-state index in [2.05, 4.69) is 10.2 Å². The van der Waals surface area contributed by atoms with Crippen molar-refractivity contribution < 1.29 is 17.9 Å². The molecule has 2 aromatic carbocycles. The lowest BCUT2D eigenvalue weighted by Gasteiger charge is -2.32. The number of benzene rings is 2. The van der Waals surface area contributed by atoms with Crippen molar-refractivity contribution in [3.8, 4) is 5.75 Å². The van der Waals surface area contributed by atoms with Gasteiger partial charge in [0.1, 0.15) is 10.6 Å². The molecule has 2 fully saturated rings. The van der Waals surface area contributed by atoms with Crippen molar-refractivity contribution in [2.45, 2.75) is 43.5 Å². The van der Waals surface area contributed by atoms with Gasteiger partial charge in [-0.3, -0.25) is 9.69 Å². The first kappa shape index (κ1) is 25.0. The third-order valence-corrected chi connectivity index (χ3v) is 8.73. The van der Waals surface area contributed by atoms with E-state index in [0.29, 0.717) is 30.3 Å². The van der Waals surface area contributed by atoms with E-state index in [1.54, 1.807) is 12.1 Å². The standard InChI is InChI=1S/C25H32ClN3O4S/c1-33-23-12-11-22(16-24(23)34(31,32)29-14-3-2-4-15-29)27-25(30)20-6-5-13-28(18-20)17-19-7-9-21(26)10-8-19/h7-12,16,20H,2-6,13-15,17-18H2,1H3,(H,27,30). The average Bonchev–Trinajstić information content (AvgIpc) is 2.86. The smallest absolute Gasteiger partial charge is 0.246 e. The minimum atomic E-state index is -3.70. The molecule has 0 radical (unpaired) electrons. The van der Waals surface area contributed by atoms with Gasteiger partial charge in [-0.05, 0) is 68.1 Å². The van der Waals surface area contributed by atoms with Crippen LogP contribution in [0.1, 0.15) is 37.7 Å². The largest absolute Gasteiger partial charge is 0.495 e. The summed E-state index contributed by atoms with van der Waals surface area (Å²) in [6.45, 7) is 3.37. The third kappa shape index (κ3) is 5.92. The summed E-state index contributed by atoms with van der Waals surface area (Å²) in [7, 11) is -2.24. The zero-order valence-corrected chi connectivity index (χ0v) is 21.1. The number of nitrogens with zero attached hydrogens (tertiary/aromatic N) is 2. The average molecular weight is 506 g/mol. The molecule has 1 unspecified atom stereocenters. The molecule has 34 heavy (non-hydrogen) atoms. The number of hydrogen-bond donors (Lipinski definition) is 1. The van der Waals surface area contributed by atoms with Gasteiger partial charge in [-0.25, -0.2) is 8.42 Å². The first-order valence-corrected chi connectivity index (χ1v) is 13.6. The second kappa shape index (κ2) is 11.1. The van der Waals surface area contributed by atoms with Crippen LogP contribution in [-0.2, 0) is 21.4 Å². The molecule has 0 bridgehead atoms. The fourth-order valence-electron chi connectivity index (χ4n) is 4.71. The van der Waals surface area contributed by atoms with Gasteiger partial charge in [-0.15, -0.1) is 0 Å². The lowest BCUT2D eigenvalue weighted by molar-refractivity contribution is -0.121. The second-order valence-corrected chi connectivity index (χ2v) is 11.4. The monoisotopic (exact) mass is 505 g/mol. The Morgan fingerprint density at radius 3 is 2.50 bits per heavy atom. The number of anilines is 1. The molecule has 2 saturated heterocycles. The van der Waals surface area contributed by atoms with Crippen LogP contribution in [0.4, 0.5) is 5.69 Å². The number of rotatable bonds is 7. The van der Waals surface area contributed by atoms with E-state index in [1.807, 2.05) is 24.3 Å². The van der Waals surface area contributed by atoms with Crippen molar-refractivity contribution in [2.24, 2.45) is 5.92 Å². The van der Waals surface area contributed by atoms with Gasteiger partial charge in [0.15, 0.2) is 0 Å². The van der Waals surface area contributed by atoms with Crippen molar-refractivity contribution in [1.82, 2.24) is 9.21 Å². The summed E-state index contributed by atoms with van der Waals surface area (Å²) in [5.41, 5.74) is 1.63. The number of likely N-dealkylation sites (tertiary alicyclic amines) is 1. The molecular formula is C25H32ClN3O4S. The lowest BCUT2D eigenvalue weighted by atomic mass is 9.96. The van der Waals surface area contributed by atoms with E-state index in [4.69, 9.17) is 16.3 Å². The van der Waals surface area contributed by atoms with Crippen LogP contribution in [-0.4, -0.2) is 56.8 Å². The van der Waals surface area contributed by atoms with Gasteiger partial charge in [-0.2, -0.15) is 4.31 Å². The second-order valence-electron chi connectivity index (χ2n) is 9.02. The first-order valence-electron chi connectivity index (χ1n) is 11.8. The molecular weight excluding hydrogens is 474 g/mol. The van der Waals surface area contributed by atoms with Crippen LogP contribution < -0.4 is 10.1 Å². The van der Waals surface area contributed by atoms with Crippen LogP contribution in [0.5, 0.6) is 5.75 Å². The Morgan fingerprint density at radius 1 is 1.06 bits per heavy atom. The highest BCUT2D eigenvalue weighted by atomic mass is 35.5. The Hall–Kier alpha value is -2.13. The predicted octanol–water partition coefficient (Wildman–Crippen LogP) is 4.37. The Morgan fingerprint density at radius 2 is 1.79 bits per heavy atom. The normalized spacial score (nSPS) is 20.1. The quantitative estimate of drug-likeness (QED) is 0.604. The summed E-state index contributed by atoms with van der Waals surface area (Å²) in [4.78, 5) is 15.5. The number of nitrogens with one attached hydrogen (secondary N) is 1. The Bertz CT molecular complexity index is 1100. The van der Waals surface area contributed by atoms with Crippen LogP contribution in [0.15, 0.2) is 47.4 Å². The summed E-state index contributed by atoms with van der Waals surface area (Å²) >= 11 is 5.98. The first-order chi connectivity index (χ1) is 16.4. The van der Waals surface area contributed by atoms with Gasteiger partial charge in [0.25, 0.3) is 0 Å². The number of piperidine rings is 2. The van der Waals surface area contributed by atoms with E-state index in [1.165, 1.54) is 17.5 Å². The minimum Gasteiger partial charge on any atom is -0.495 e. The van der Waals surface area contributed by atoms with Gasteiger partial charge in [0.05, 0.1) is 13.0 Å². The molecule has 9 heteroatoms. The molecule has 0 saturated carbocycles. The number of carbonyl (C=O) groups is 1. The number of methoxy groups -OCH3 is 1. The number of hydrogen-bond acceptors (Lipinski definition) is 5. The van der Waals surface area contributed by atoms with Gasteiger partial charge in [0, 0.05) is 36.9 Å². The molecule has 2 heterocycles. The molecule has 4 rings (SSSR count). The van der Waals surface area contributed by atoms with Crippen LogP contribution in [0.2, 0.25) is 5.02 Å². The van der Waals surface area contributed by atoms with E-state index in [-0.39, 0.29) is 22.5 Å². The Balaban J connectivity index is 1.45. The molecule has 1 atom stereocenters. The maximum atomic E-state index is 13.3. The Labute approximate surface area is 207 Å². The highest BCUT2D eigenvalue weighted by molar-refractivity contribution is 7.89. The molecule has 1 amide bonds. The number of amides is 1. The lowest BCUT2D eigenvalue weighted by Crippen LogP contribution is -2.40.